The number of para-hydroxylation sites is 2. The smallest absolute Gasteiger partial charge is 0.146 e. The highest BCUT2D eigenvalue weighted by atomic mass is 16.5. The summed E-state index contributed by atoms with van der Waals surface area (Å²) in [6.07, 6.45) is 8.09. The molecule has 10 aromatic rings. The molecule has 11 rings (SSSR count). The number of nitrogens with zero attached hydrogens (tertiary/aromatic N) is 3. The van der Waals surface area contributed by atoms with E-state index < -0.39 is 0 Å². The molecule has 5 nitrogen and oxygen atoms in total. The Balaban J connectivity index is 1.16. The zero-order chi connectivity index (χ0) is 34.9. The molecule has 1 aliphatic heterocycles. The molecule has 5 heterocycles. The third kappa shape index (κ3) is 4.71. The molecule has 248 valence electrons. The molecule has 5 heteroatoms. The van der Waals surface area contributed by atoms with E-state index in [9.17, 15) is 0 Å². The lowest BCUT2D eigenvalue weighted by molar-refractivity contribution is 0.487. The van der Waals surface area contributed by atoms with E-state index in [0.717, 1.165) is 106 Å². The van der Waals surface area contributed by atoms with Crippen molar-refractivity contribution < 1.29 is 9.15 Å². The van der Waals surface area contributed by atoms with Crippen molar-refractivity contribution in [1.29, 1.82) is 0 Å². The van der Waals surface area contributed by atoms with Crippen molar-refractivity contribution in [2.75, 3.05) is 0 Å². The number of pyridine rings is 2. The van der Waals surface area contributed by atoms with Crippen molar-refractivity contribution in [3.8, 4) is 50.7 Å². The first-order chi connectivity index (χ1) is 26.3. The molecule has 0 atom stereocenters. The van der Waals surface area contributed by atoms with Gasteiger partial charge in [-0.3, -0.25) is 4.57 Å². The molecule has 53 heavy (non-hydrogen) atoms. The fourth-order valence-corrected chi connectivity index (χ4v) is 7.87. The van der Waals surface area contributed by atoms with Crippen LogP contribution in [0, 0.1) is 0 Å². The summed E-state index contributed by atoms with van der Waals surface area (Å²) in [4.78, 5) is 9.46. The van der Waals surface area contributed by atoms with E-state index in [1.54, 1.807) is 0 Å². The highest BCUT2D eigenvalue weighted by Crippen LogP contribution is 2.46. The van der Waals surface area contributed by atoms with Crippen molar-refractivity contribution in [2.24, 2.45) is 0 Å². The molecule has 0 saturated heterocycles. The lowest BCUT2D eigenvalue weighted by Gasteiger charge is -2.17. The summed E-state index contributed by atoms with van der Waals surface area (Å²) in [5, 5.41) is 4.28. The molecule has 4 aromatic heterocycles. The van der Waals surface area contributed by atoms with Crippen LogP contribution in [0.25, 0.3) is 95.2 Å². The van der Waals surface area contributed by atoms with Gasteiger partial charge >= 0.3 is 0 Å². The molecule has 0 bridgehead atoms. The average molecular weight is 680 g/mol. The highest BCUT2D eigenvalue weighted by molar-refractivity contribution is 6.10. The normalized spacial score (nSPS) is 12.8. The van der Waals surface area contributed by atoms with Gasteiger partial charge in [0.25, 0.3) is 0 Å². The third-order valence-corrected chi connectivity index (χ3v) is 10.4. The predicted molar refractivity (Wildman–Crippen MR) is 215 cm³/mol. The summed E-state index contributed by atoms with van der Waals surface area (Å²) in [7, 11) is 0. The molecule has 0 unspecified atom stereocenters. The van der Waals surface area contributed by atoms with Gasteiger partial charge in [0.05, 0.1) is 5.52 Å². The standard InChI is InChI=1S/C48H29N3O2/c1-2-11-34-30(10-1)18-19-31-20-21-32(33-22-23-42-39(27-33)37-14-9-25-50-48(37)51(42)47-17-7-8-24-49-47)26-38(31)41-29-45-40(36-13-4-6-16-44(36)53-45)28-46(41)52-43-15-5-3-12-35(34)43/h1-29H/b19-18-. The zero-order valence-corrected chi connectivity index (χ0v) is 28.4. The van der Waals surface area contributed by atoms with E-state index in [1.165, 1.54) is 0 Å². The van der Waals surface area contributed by atoms with Crippen LogP contribution in [0.15, 0.2) is 168 Å². The van der Waals surface area contributed by atoms with Crippen LogP contribution < -0.4 is 4.74 Å². The Morgan fingerprint density at radius 3 is 2.11 bits per heavy atom. The van der Waals surface area contributed by atoms with E-state index >= 15 is 0 Å². The Labute approximate surface area is 304 Å². The van der Waals surface area contributed by atoms with Crippen LogP contribution in [0.2, 0.25) is 0 Å². The highest BCUT2D eigenvalue weighted by Gasteiger charge is 2.21. The van der Waals surface area contributed by atoms with E-state index in [0.29, 0.717) is 0 Å². The molecule has 0 aliphatic carbocycles. The van der Waals surface area contributed by atoms with Gasteiger partial charge < -0.3 is 9.15 Å². The minimum atomic E-state index is 0.766. The summed E-state index contributed by atoms with van der Waals surface area (Å²) >= 11 is 0. The van der Waals surface area contributed by atoms with Gasteiger partial charge in [0.1, 0.15) is 34.1 Å². The van der Waals surface area contributed by atoms with E-state index in [2.05, 4.69) is 125 Å². The van der Waals surface area contributed by atoms with Gasteiger partial charge in [-0.1, -0.05) is 97.1 Å². The Morgan fingerprint density at radius 2 is 1.19 bits per heavy atom. The molecule has 6 aromatic carbocycles. The van der Waals surface area contributed by atoms with Gasteiger partial charge in [0.2, 0.25) is 0 Å². The topological polar surface area (TPSA) is 53.1 Å². The molecule has 0 N–H and O–H groups in total. The second-order valence-electron chi connectivity index (χ2n) is 13.4. The molecular weight excluding hydrogens is 651 g/mol. The number of ether oxygens (including phenoxy) is 1. The predicted octanol–water partition coefficient (Wildman–Crippen LogP) is 12.8. The Bertz CT molecular complexity index is 3100. The van der Waals surface area contributed by atoms with Crippen molar-refractivity contribution >= 4 is 56.0 Å². The van der Waals surface area contributed by atoms with E-state index in [1.807, 2.05) is 60.9 Å². The van der Waals surface area contributed by atoms with Crippen LogP contribution in [-0.4, -0.2) is 14.5 Å². The largest absolute Gasteiger partial charge is 0.456 e. The first-order valence-corrected chi connectivity index (χ1v) is 17.7. The first kappa shape index (κ1) is 29.5. The fourth-order valence-electron chi connectivity index (χ4n) is 7.87. The number of rotatable bonds is 2. The van der Waals surface area contributed by atoms with E-state index in [-0.39, 0.29) is 0 Å². The summed E-state index contributed by atoms with van der Waals surface area (Å²) < 4.78 is 15.6. The van der Waals surface area contributed by atoms with Gasteiger partial charge in [0.15, 0.2) is 0 Å². The van der Waals surface area contributed by atoms with Crippen molar-refractivity contribution in [1.82, 2.24) is 14.5 Å². The van der Waals surface area contributed by atoms with Crippen LogP contribution in [0.4, 0.5) is 0 Å². The second-order valence-corrected chi connectivity index (χ2v) is 13.4. The third-order valence-electron chi connectivity index (χ3n) is 10.4. The molecule has 0 radical (unpaired) electrons. The fraction of sp³-hybridized carbons (Fsp3) is 0. The van der Waals surface area contributed by atoms with Crippen molar-refractivity contribution in [2.45, 2.75) is 0 Å². The Kier molecular flexibility index (Phi) is 6.48. The lowest BCUT2D eigenvalue weighted by Crippen LogP contribution is -1.97. The molecule has 0 saturated carbocycles. The van der Waals surface area contributed by atoms with Crippen LogP contribution in [-0.2, 0) is 0 Å². The maximum absolute atomic E-state index is 7.02. The van der Waals surface area contributed by atoms with E-state index in [4.69, 9.17) is 14.1 Å². The zero-order valence-electron chi connectivity index (χ0n) is 28.4. The van der Waals surface area contributed by atoms with Gasteiger partial charge in [0, 0.05) is 45.1 Å². The molecule has 0 spiro atoms. The van der Waals surface area contributed by atoms with Gasteiger partial charge in [-0.25, -0.2) is 9.97 Å². The maximum Gasteiger partial charge on any atom is 0.146 e. The van der Waals surface area contributed by atoms with Gasteiger partial charge in [-0.15, -0.1) is 0 Å². The number of furan rings is 1. The second kappa shape index (κ2) is 11.7. The summed E-state index contributed by atoms with van der Waals surface area (Å²) in [5.74, 6) is 2.40. The average Bonchev–Trinajstić information content (AvgIpc) is 3.74. The number of fused-ring (bicyclic) bond motifs is 12. The van der Waals surface area contributed by atoms with Crippen LogP contribution in [0.3, 0.4) is 0 Å². The Hall–Kier alpha value is -7.24. The number of aromatic nitrogens is 3. The lowest BCUT2D eigenvalue weighted by atomic mass is 9.92. The summed E-state index contributed by atoms with van der Waals surface area (Å²) in [6.45, 7) is 0. The minimum absolute atomic E-state index is 0.766. The summed E-state index contributed by atoms with van der Waals surface area (Å²) in [5.41, 5.74) is 12.1. The molecule has 0 fully saturated rings. The Morgan fingerprint density at radius 1 is 0.434 bits per heavy atom. The SMILES string of the molecule is C1=C\c2ccc(-c3ccc4c(c3)c3cccnc3n4-c3ccccn3)cc2-c2cc3oc4ccccc4c3cc2Oc2ccccc2-c2ccccc2/1. The quantitative estimate of drug-likeness (QED) is 0.182. The molecule has 1 aliphatic rings. The number of hydrogen-bond acceptors (Lipinski definition) is 4. The summed E-state index contributed by atoms with van der Waals surface area (Å²) in [6, 6.07) is 52.7. The van der Waals surface area contributed by atoms with Crippen molar-refractivity contribution in [3.63, 3.8) is 0 Å². The monoisotopic (exact) mass is 679 g/mol. The molecular formula is C48H29N3O2. The van der Waals surface area contributed by atoms with Crippen LogP contribution in [0.5, 0.6) is 11.5 Å². The minimum Gasteiger partial charge on any atom is -0.456 e. The van der Waals surface area contributed by atoms with Gasteiger partial charge in [-0.05, 0) is 100 Å². The van der Waals surface area contributed by atoms with Crippen LogP contribution >= 0.6 is 0 Å². The first-order valence-electron chi connectivity index (χ1n) is 17.7. The maximum atomic E-state index is 7.02. The van der Waals surface area contributed by atoms with Gasteiger partial charge in [-0.2, -0.15) is 0 Å². The number of hydrogen-bond donors (Lipinski definition) is 0. The number of benzene rings is 6. The molecule has 0 amide bonds. The van der Waals surface area contributed by atoms with Crippen LogP contribution in [0.1, 0.15) is 11.1 Å². The van der Waals surface area contributed by atoms with Crippen molar-refractivity contribution in [3.05, 3.63) is 175 Å².